The Morgan fingerprint density at radius 3 is 2.53 bits per heavy atom. The minimum Gasteiger partial charge on any atom is -0.496 e. The summed E-state index contributed by atoms with van der Waals surface area (Å²) in [6, 6.07) is 7.75. The highest BCUT2D eigenvalue weighted by Gasteiger charge is 2.14. The van der Waals surface area contributed by atoms with Crippen LogP contribution in [0.1, 0.15) is 28.5 Å². The number of nitrogens with two attached hydrogens (primary N) is 1. The maximum Gasteiger partial charge on any atom is 0.121 e. The van der Waals surface area contributed by atoms with E-state index in [0.29, 0.717) is 0 Å². The van der Waals surface area contributed by atoms with Crippen LogP contribution >= 0.6 is 0 Å². The Hall–Kier alpha value is -1.74. The van der Waals surface area contributed by atoms with Crippen molar-refractivity contribution in [3.8, 4) is 5.75 Å². The van der Waals surface area contributed by atoms with Gasteiger partial charge < -0.3 is 14.9 Å². The fourth-order valence-electron chi connectivity index (χ4n) is 1.99. The third kappa shape index (κ3) is 2.19. The largest absolute Gasteiger partial charge is 0.496 e. The number of hydrogen-bond acceptors (Lipinski definition) is 3. The fourth-order valence-corrected chi connectivity index (χ4v) is 1.99. The number of methoxy groups -OCH3 is 1. The van der Waals surface area contributed by atoms with Crippen molar-refractivity contribution in [1.82, 2.24) is 0 Å². The molecule has 2 N–H and O–H groups in total. The highest BCUT2D eigenvalue weighted by molar-refractivity contribution is 5.40. The van der Waals surface area contributed by atoms with Crippen LogP contribution in [-0.4, -0.2) is 7.11 Å². The summed E-state index contributed by atoms with van der Waals surface area (Å²) in [6.07, 6.45) is 1.67. The first-order valence-electron chi connectivity index (χ1n) is 5.57. The molecule has 3 heteroatoms. The molecule has 0 amide bonds. The molecular formula is C14H17NO2. The molecule has 0 saturated heterocycles. The lowest BCUT2D eigenvalue weighted by molar-refractivity contribution is 0.411. The number of aryl methyl sites for hydroxylation is 2. The lowest BCUT2D eigenvalue weighted by Crippen LogP contribution is -2.12. The smallest absolute Gasteiger partial charge is 0.121 e. The number of furan rings is 1. The zero-order chi connectivity index (χ0) is 12.4. The first-order chi connectivity index (χ1) is 8.13. The Balaban J connectivity index is 2.35. The van der Waals surface area contributed by atoms with E-state index in [1.807, 2.05) is 32.0 Å². The van der Waals surface area contributed by atoms with Crippen LogP contribution in [0.3, 0.4) is 0 Å². The van der Waals surface area contributed by atoms with Gasteiger partial charge in [0.15, 0.2) is 0 Å². The van der Waals surface area contributed by atoms with Crippen LogP contribution in [0.5, 0.6) is 5.75 Å². The molecule has 2 aromatic rings. The van der Waals surface area contributed by atoms with E-state index in [-0.39, 0.29) is 6.04 Å². The van der Waals surface area contributed by atoms with Crippen molar-refractivity contribution < 1.29 is 9.15 Å². The lowest BCUT2D eigenvalue weighted by atomic mass is 9.98. The van der Waals surface area contributed by atoms with Crippen LogP contribution in [0, 0.1) is 13.8 Å². The molecule has 0 aliphatic rings. The van der Waals surface area contributed by atoms with E-state index in [1.54, 1.807) is 13.4 Å². The Morgan fingerprint density at radius 2 is 2.00 bits per heavy atom. The highest BCUT2D eigenvalue weighted by atomic mass is 16.5. The maximum atomic E-state index is 6.22. The molecule has 0 fully saturated rings. The number of rotatable bonds is 3. The summed E-state index contributed by atoms with van der Waals surface area (Å²) < 4.78 is 10.5. The maximum absolute atomic E-state index is 6.22. The van der Waals surface area contributed by atoms with Crippen LogP contribution in [0.25, 0.3) is 0 Å². The van der Waals surface area contributed by atoms with Gasteiger partial charge in [-0.3, -0.25) is 0 Å². The summed E-state index contributed by atoms with van der Waals surface area (Å²) in [5.41, 5.74) is 9.39. The van der Waals surface area contributed by atoms with Crippen LogP contribution in [-0.2, 0) is 0 Å². The van der Waals surface area contributed by atoms with Gasteiger partial charge in [-0.05, 0) is 37.1 Å². The van der Waals surface area contributed by atoms with Crippen molar-refractivity contribution in [2.45, 2.75) is 19.9 Å². The van der Waals surface area contributed by atoms with Gasteiger partial charge >= 0.3 is 0 Å². The SMILES string of the molecule is COc1ccc(C(N)c2ccoc2C)cc1C. The summed E-state index contributed by atoms with van der Waals surface area (Å²) in [5, 5.41) is 0. The quantitative estimate of drug-likeness (QED) is 0.883. The average Bonchev–Trinajstić information content (AvgIpc) is 2.74. The van der Waals surface area contributed by atoms with Crippen molar-refractivity contribution >= 4 is 0 Å². The summed E-state index contributed by atoms with van der Waals surface area (Å²) in [6.45, 7) is 3.93. The standard InChI is InChI=1S/C14H17NO2/c1-9-8-11(4-5-13(9)16-3)14(15)12-6-7-17-10(12)2/h4-8,14H,15H2,1-3H3. The van der Waals surface area contributed by atoms with Crippen molar-refractivity contribution in [2.75, 3.05) is 7.11 Å². The van der Waals surface area contributed by atoms with Gasteiger partial charge in [0.2, 0.25) is 0 Å². The van der Waals surface area contributed by atoms with Crippen molar-refractivity contribution in [1.29, 1.82) is 0 Å². The monoisotopic (exact) mass is 231 g/mol. The van der Waals surface area contributed by atoms with E-state index in [9.17, 15) is 0 Å². The van der Waals surface area contributed by atoms with E-state index in [1.165, 1.54) is 0 Å². The zero-order valence-electron chi connectivity index (χ0n) is 10.4. The second kappa shape index (κ2) is 4.63. The Labute approximate surface area is 101 Å². The van der Waals surface area contributed by atoms with Gasteiger partial charge in [0, 0.05) is 5.56 Å². The molecule has 1 heterocycles. The molecule has 1 aromatic heterocycles. The number of ether oxygens (including phenoxy) is 1. The van der Waals surface area contributed by atoms with Crippen molar-refractivity contribution in [2.24, 2.45) is 5.73 Å². The van der Waals surface area contributed by atoms with E-state index >= 15 is 0 Å². The van der Waals surface area contributed by atoms with Gasteiger partial charge in [0.25, 0.3) is 0 Å². The first kappa shape index (κ1) is 11.7. The fraction of sp³-hybridized carbons (Fsp3) is 0.286. The van der Waals surface area contributed by atoms with E-state index < -0.39 is 0 Å². The molecule has 17 heavy (non-hydrogen) atoms. The summed E-state index contributed by atoms with van der Waals surface area (Å²) in [5.74, 6) is 1.75. The van der Waals surface area contributed by atoms with Gasteiger partial charge in [-0.2, -0.15) is 0 Å². The van der Waals surface area contributed by atoms with Gasteiger partial charge in [-0.1, -0.05) is 12.1 Å². The highest BCUT2D eigenvalue weighted by Crippen LogP contribution is 2.27. The molecule has 1 aromatic carbocycles. The molecule has 0 saturated carbocycles. The second-order valence-corrected chi connectivity index (χ2v) is 4.14. The Kier molecular flexibility index (Phi) is 3.20. The molecule has 3 nitrogen and oxygen atoms in total. The number of hydrogen-bond donors (Lipinski definition) is 1. The predicted molar refractivity (Wildman–Crippen MR) is 67.2 cm³/mol. The van der Waals surface area contributed by atoms with E-state index in [0.717, 1.165) is 28.2 Å². The molecule has 90 valence electrons. The molecule has 2 rings (SSSR count). The van der Waals surface area contributed by atoms with Crippen molar-refractivity contribution in [3.05, 3.63) is 53.0 Å². The lowest BCUT2D eigenvalue weighted by Gasteiger charge is -2.13. The van der Waals surface area contributed by atoms with Crippen LogP contribution in [0.15, 0.2) is 34.9 Å². The zero-order valence-corrected chi connectivity index (χ0v) is 10.4. The summed E-state index contributed by atoms with van der Waals surface area (Å²) in [4.78, 5) is 0. The summed E-state index contributed by atoms with van der Waals surface area (Å²) >= 11 is 0. The van der Waals surface area contributed by atoms with Crippen molar-refractivity contribution in [3.63, 3.8) is 0 Å². The molecule has 0 bridgehead atoms. The molecule has 0 aliphatic carbocycles. The second-order valence-electron chi connectivity index (χ2n) is 4.14. The molecule has 1 unspecified atom stereocenters. The van der Waals surface area contributed by atoms with Gasteiger partial charge in [0.1, 0.15) is 11.5 Å². The van der Waals surface area contributed by atoms with E-state index in [4.69, 9.17) is 14.9 Å². The third-order valence-corrected chi connectivity index (χ3v) is 3.01. The normalized spacial score (nSPS) is 12.5. The first-order valence-corrected chi connectivity index (χ1v) is 5.57. The molecule has 0 aliphatic heterocycles. The summed E-state index contributed by atoms with van der Waals surface area (Å²) in [7, 11) is 1.67. The van der Waals surface area contributed by atoms with Gasteiger partial charge in [-0.25, -0.2) is 0 Å². The molecule has 1 atom stereocenters. The van der Waals surface area contributed by atoms with Crippen LogP contribution < -0.4 is 10.5 Å². The molecule has 0 spiro atoms. The number of benzene rings is 1. The predicted octanol–water partition coefficient (Wildman–Crippen LogP) is 2.95. The van der Waals surface area contributed by atoms with Crippen LogP contribution in [0.4, 0.5) is 0 Å². The van der Waals surface area contributed by atoms with E-state index in [2.05, 4.69) is 6.07 Å². The van der Waals surface area contributed by atoms with Gasteiger partial charge in [0.05, 0.1) is 19.4 Å². The van der Waals surface area contributed by atoms with Crippen LogP contribution in [0.2, 0.25) is 0 Å². The molecule has 0 radical (unpaired) electrons. The third-order valence-electron chi connectivity index (χ3n) is 3.01. The Morgan fingerprint density at radius 1 is 1.24 bits per heavy atom. The minimum absolute atomic E-state index is 0.154. The molecular weight excluding hydrogens is 214 g/mol. The van der Waals surface area contributed by atoms with Gasteiger partial charge in [-0.15, -0.1) is 0 Å². The average molecular weight is 231 g/mol. The minimum atomic E-state index is -0.154. The topological polar surface area (TPSA) is 48.4 Å². The Bertz CT molecular complexity index is 517.